The number of nitrogens with one attached hydrogen (secondary N) is 1. The van der Waals surface area contributed by atoms with Crippen molar-refractivity contribution in [1.82, 2.24) is 15.2 Å². The molecule has 1 aliphatic rings. The maximum Gasteiger partial charge on any atom is 0.253 e. The number of fused-ring (bicyclic) bond motifs is 1. The summed E-state index contributed by atoms with van der Waals surface area (Å²) < 4.78 is 17.9. The van der Waals surface area contributed by atoms with E-state index in [0.29, 0.717) is 45.0 Å². The monoisotopic (exact) mass is 482 g/mol. The van der Waals surface area contributed by atoms with Gasteiger partial charge in [-0.2, -0.15) is 5.26 Å². The molecule has 1 amide bonds. The lowest BCUT2D eigenvalue weighted by Crippen LogP contribution is -2.21. The smallest absolute Gasteiger partial charge is 0.253 e. The molecule has 5 rings (SSSR count). The molecule has 8 nitrogen and oxygen atoms in total. The fourth-order valence-corrected chi connectivity index (χ4v) is 4.38. The van der Waals surface area contributed by atoms with E-state index in [0.717, 1.165) is 30.6 Å². The highest BCUT2D eigenvalue weighted by molar-refractivity contribution is 5.96. The molecule has 0 saturated carbocycles. The Morgan fingerprint density at radius 3 is 2.72 bits per heavy atom. The molecule has 0 aliphatic carbocycles. The van der Waals surface area contributed by atoms with E-state index in [1.165, 1.54) is 4.90 Å². The highest BCUT2D eigenvalue weighted by Gasteiger charge is 2.20. The van der Waals surface area contributed by atoms with Crippen LogP contribution in [0, 0.1) is 11.3 Å². The largest absolute Gasteiger partial charge is 0.496 e. The summed E-state index contributed by atoms with van der Waals surface area (Å²) in [5.41, 5.74) is 4.62. The zero-order chi connectivity index (χ0) is 25.2. The van der Waals surface area contributed by atoms with Crippen molar-refractivity contribution in [2.75, 3.05) is 34.3 Å². The van der Waals surface area contributed by atoms with Gasteiger partial charge in [0.15, 0.2) is 5.58 Å². The summed E-state index contributed by atoms with van der Waals surface area (Å²) in [4.78, 5) is 18.4. The molecular weight excluding hydrogens is 456 g/mol. The van der Waals surface area contributed by atoms with Crippen molar-refractivity contribution in [3.63, 3.8) is 0 Å². The van der Waals surface area contributed by atoms with Gasteiger partial charge in [-0.3, -0.25) is 9.78 Å². The van der Waals surface area contributed by atoms with E-state index in [4.69, 9.17) is 13.9 Å². The Morgan fingerprint density at radius 1 is 1.14 bits per heavy atom. The van der Waals surface area contributed by atoms with Crippen molar-refractivity contribution < 1.29 is 18.7 Å². The van der Waals surface area contributed by atoms with Crippen LogP contribution < -0.4 is 14.8 Å². The van der Waals surface area contributed by atoms with Crippen LogP contribution in [0.15, 0.2) is 59.1 Å². The molecule has 4 aromatic rings. The molecule has 182 valence electrons. The van der Waals surface area contributed by atoms with Crippen LogP contribution in [-0.2, 0) is 0 Å². The van der Waals surface area contributed by atoms with Crippen LogP contribution in [0.25, 0.3) is 33.6 Å². The minimum absolute atomic E-state index is 0.0672. The predicted octanol–water partition coefficient (Wildman–Crippen LogP) is 4.48. The molecule has 0 radical (unpaired) electrons. The van der Waals surface area contributed by atoms with Crippen molar-refractivity contribution in [2.24, 2.45) is 0 Å². The van der Waals surface area contributed by atoms with Crippen LogP contribution in [0.1, 0.15) is 22.3 Å². The van der Waals surface area contributed by atoms with Crippen molar-refractivity contribution in [1.29, 1.82) is 5.26 Å². The van der Waals surface area contributed by atoms with Crippen LogP contribution in [0.5, 0.6) is 11.5 Å². The lowest BCUT2D eigenvalue weighted by molar-refractivity contribution is 0.0827. The van der Waals surface area contributed by atoms with Gasteiger partial charge in [-0.25, -0.2) is 0 Å². The maximum atomic E-state index is 12.4. The number of carbonyl (C=O) groups excluding carboxylic acids is 1. The third-order valence-corrected chi connectivity index (χ3v) is 6.25. The van der Waals surface area contributed by atoms with Gasteiger partial charge in [0, 0.05) is 44.0 Å². The zero-order valence-corrected chi connectivity index (χ0v) is 20.4. The minimum atomic E-state index is -0.113. The lowest BCUT2D eigenvalue weighted by Gasteiger charge is -2.14. The number of hydrogen-bond donors (Lipinski definition) is 1. The maximum absolute atomic E-state index is 12.4. The van der Waals surface area contributed by atoms with E-state index < -0.39 is 0 Å². The van der Waals surface area contributed by atoms with Gasteiger partial charge in [0.25, 0.3) is 5.91 Å². The minimum Gasteiger partial charge on any atom is -0.496 e. The van der Waals surface area contributed by atoms with Gasteiger partial charge in [-0.1, -0.05) is 6.07 Å². The molecule has 36 heavy (non-hydrogen) atoms. The average Bonchev–Trinajstić information content (AvgIpc) is 3.57. The topological polar surface area (TPSA) is 101 Å². The molecule has 2 aromatic carbocycles. The van der Waals surface area contributed by atoms with E-state index in [2.05, 4.69) is 16.4 Å². The first-order chi connectivity index (χ1) is 17.5. The normalized spacial score (nSPS) is 15.0. The first-order valence-corrected chi connectivity index (χ1v) is 11.7. The molecule has 1 aliphatic heterocycles. The van der Waals surface area contributed by atoms with E-state index >= 15 is 0 Å². The fourth-order valence-electron chi connectivity index (χ4n) is 4.38. The van der Waals surface area contributed by atoms with Gasteiger partial charge in [-0.05, 0) is 54.9 Å². The Balaban J connectivity index is 1.53. The van der Waals surface area contributed by atoms with E-state index in [-0.39, 0.29) is 12.0 Å². The lowest BCUT2D eigenvalue weighted by atomic mass is 10.0. The Kier molecular flexibility index (Phi) is 6.32. The summed E-state index contributed by atoms with van der Waals surface area (Å²) in [6, 6.07) is 16.8. The van der Waals surface area contributed by atoms with Crippen molar-refractivity contribution in [3.05, 3.63) is 65.9 Å². The molecule has 0 spiro atoms. The molecular formula is C28H26N4O4. The number of hydrogen-bond acceptors (Lipinski definition) is 7. The fraction of sp³-hybridized carbons (Fsp3) is 0.250. The quantitative estimate of drug-likeness (QED) is 0.432. The van der Waals surface area contributed by atoms with Crippen LogP contribution >= 0.6 is 0 Å². The number of methoxy groups -OCH3 is 1. The van der Waals surface area contributed by atoms with Gasteiger partial charge in [0.1, 0.15) is 34.9 Å². The standard InChI is InChI=1S/C28H26N4O4/c1-32(2)28(33)18-4-6-22(25(13-18)34-3)26-14-23-27(36-26)21(9-11-31-23)17-5-7-24(19(12-17)15-29)35-20-8-10-30-16-20/h4-7,9,11-14,20,30H,8,10,16H2,1-3H3/t20-/m0/s1. The number of rotatable bonds is 6. The summed E-state index contributed by atoms with van der Waals surface area (Å²) in [5, 5.41) is 13.0. The summed E-state index contributed by atoms with van der Waals surface area (Å²) in [5.74, 6) is 1.56. The van der Waals surface area contributed by atoms with Crippen LogP contribution in [-0.4, -0.2) is 56.2 Å². The first-order valence-electron chi connectivity index (χ1n) is 11.7. The van der Waals surface area contributed by atoms with Crippen molar-refractivity contribution >= 4 is 17.0 Å². The SMILES string of the molecule is COc1cc(C(=O)N(C)C)ccc1-c1cc2nccc(-c3ccc(O[C@H]4CCNC4)c(C#N)c3)c2o1. The molecule has 1 fully saturated rings. The Labute approximate surface area is 209 Å². The van der Waals surface area contributed by atoms with Gasteiger partial charge < -0.3 is 24.1 Å². The van der Waals surface area contributed by atoms with Crippen LogP contribution in [0.2, 0.25) is 0 Å². The van der Waals surface area contributed by atoms with Gasteiger partial charge >= 0.3 is 0 Å². The van der Waals surface area contributed by atoms with Crippen molar-refractivity contribution in [3.8, 4) is 40.0 Å². The molecule has 0 bridgehead atoms. The summed E-state index contributed by atoms with van der Waals surface area (Å²) in [6.45, 7) is 1.69. The number of furan rings is 1. The summed E-state index contributed by atoms with van der Waals surface area (Å²) in [7, 11) is 4.97. The van der Waals surface area contributed by atoms with Crippen molar-refractivity contribution in [2.45, 2.75) is 12.5 Å². The second-order valence-corrected chi connectivity index (χ2v) is 8.85. The number of nitriles is 1. The Morgan fingerprint density at radius 2 is 2.00 bits per heavy atom. The number of carbonyl (C=O) groups is 1. The van der Waals surface area contributed by atoms with Crippen LogP contribution in [0.4, 0.5) is 0 Å². The molecule has 0 unspecified atom stereocenters. The number of benzene rings is 2. The van der Waals surface area contributed by atoms with Crippen LogP contribution in [0.3, 0.4) is 0 Å². The van der Waals surface area contributed by atoms with Gasteiger partial charge in [0.2, 0.25) is 0 Å². The molecule has 1 atom stereocenters. The zero-order valence-electron chi connectivity index (χ0n) is 20.4. The molecule has 1 N–H and O–H groups in total. The highest BCUT2D eigenvalue weighted by atomic mass is 16.5. The Bertz CT molecular complexity index is 1480. The molecule has 1 saturated heterocycles. The van der Waals surface area contributed by atoms with E-state index in [9.17, 15) is 10.1 Å². The Hall–Kier alpha value is -4.35. The molecule has 8 heteroatoms. The number of amides is 1. The second-order valence-electron chi connectivity index (χ2n) is 8.85. The third-order valence-electron chi connectivity index (χ3n) is 6.25. The van der Waals surface area contributed by atoms with E-state index in [1.54, 1.807) is 39.5 Å². The number of pyridine rings is 1. The van der Waals surface area contributed by atoms with Gasteiger partial charge in [0.05, 0.1) is 18.2 Å². The summed E-state index contributed by atoms with van der Waals surface area (Å²) >= 11 is 0. The third kappa shape index (κ3) is 4.37. The molecule has 2 aromatic heterocycles. The highest BCUT2D eigenvalue weighted by Crippen LogP contribution is 2.38. The number of ether oxygens (including phenoxy) is 2. The predicted molar refractivity (Wildman–Crippen MR) is 136 cm³/mol. The molecule has 3 heterocycles. The van der Waals surface area contributed by atoms with Gasteiger partial charge in [-0.15, -0.1) is 0 Å². The second kappa shape index (κ2) is 9.72. The number of nitrogens with zero attached hydrogens (tertiary/aromatic N) is 3. The van der Waals surface area contributed by atoms with E-state index in [1.807, 2.05) is 36.4 Å². The first kappa shape index (κ1) is 23.4. The average molecular weight is 483 g/mol. The number of aromatic nitrogens is 1. The summed E-state index contributed by atoms with van der Waals surface area (Å²) in [6.07, 6.45) is 2.70.